The fourth-order valence-corrected chi connectivity index (χ4v) is 4.29. The quantitative estimate of drug-likeness (QED) is 0.771. The Kier molecular flexibility index (Phi) is 3.21. The summed E-state index contributed by atoms with van der Waals surface area (Å²) in [6, 6.07) is 1.74. The minimum Gasteiger partial charge on any atom is -0.313 e. The van der Waals surface area contributed by atoms with Crippen molar-refractivity contribution in [2.75, 3.05) is 19.6 Å². The summed E-state index contributed by atoms with van der Waals surface area (Å²) >= 11 is 0. The van der Waals surface area contributed by atoms with Crippen molar-refractivity contribution in [3.8, 4) is 0 Å². The van der Waals surface area contributed by atoms with Gasteiger partial charge in [0.1, 0.15) is 0 Å². The molecule has 2 saturated carbocycles. The molecule has 1 N–H and O–H groups in total. The molecule has 3 aliphatic rings. The number of hydrogen-bond donors (Lipinski definition) is 1. The maximum atomic E-state index is 3.69. The molecule has 0 aromatic carbocycles. The van der Waals surface area contributed by atoms with Gasteiger partial charge in [-0.15, -0.1) is 0 Å². The van der Waals surface area contributed by atoms with Gasteiger partial charge in [0.05, 0.1) is 0 Å². The first-order valence-corrected chi connectivity index (χ1v) is 7.34. The second-order valence-corrected chi connectivity index (χ2v) is 6.13. The molecule has 2 aliphatic carbocycles. The van der Waals surface area contributed by atoms with Crippen LogP contribution in [0.1, 0.15) is 45.4 Å². The van der Waals surface area contributed by atoms with Gasteiger partial charge in [-0.25, -0.2) is 0 Å². The number of nitrogens with one attached hydrogen (secondary N) is 1. The third-order valence-electron chi connectivity index (χ3n) is 5.26. The molecule has 3 fully saturated rings. The molecule has 0 radical (unpaired) electrons. The zero-order chi connectivity index (χ0) is 11.0. The molecular weight excluding hydrogens is 196 g/mol. The van der Waals surface area contributed by atoms with Gasteiger partial charge in [0, 0.05) is 25.2 Å². The molecule has 2 heteroatoms. The van der Waals surface area contributed by atoms with E-state index in [1.165, 1.54) is 51.7 Å². The molecule has 92 valence electrons. The van der Waals surface area contributed by atoms with E-state index in [-0.39, 0.29) is 0 Å². The molecule has 3 rings (SSSR count). The van der Waals surface area contributed by atoms with Crippen molar-refractivity contribution in [3.05, 3.63) is 0 Å². The Labute approximate surface area is 99.8 Å². The second kappa shape index (κ2) is 4.66. The van der Waals surface area contributed by atoms with Crippen molar-refractivity contribution >= 4 is 0 Å². The van der Waals surface area contributed by atoms with Crippen molar-refractivity contribution in [2.45, 2.75) is 57.5 Å². The van der Waals surface area contributed by atoms with Gasteiger partial charge >= 0.3 is 0 Å². The summed E-state index contributed by atoms with van der Waals surface area (Å²) in [5.41, 5.74) is 0. The van der Waals surface area contributed by atoms with Crippen LogP contribution in [-0.4, -0.2) is 36.6 Å². The van der Waals surface area contributed by atoms with E-state index in [1.54, 1.807) is 6.42 Å². The van der Waals surface area contributed by atoms with Crippen molar-refractivity contribution in [1.29, 1.82) is 0 Å². The Balaban J connectivity index is 1.58. The molecule has 0 spiro atoms. The van der Waals surface area contributed by atoms with Crippen LogP contribution in [0.2, 0.25) is 0 Å². The molecule has 1 aliphatic heterocycles. The third kappa shape index (κ3) is 2.02. The number of hydrogen-bond acceptors (Lipinski definition) is 2. The maximum absolute atomic E-state index is 3.69. The lowest BCUT2D eigenvalue weighted by molar-refractivity contribution is 0.150. The van der Waals surface area contributed by atoms with Gasteiger partial charge in [-0.2, -0.15) is 0 Å². The fourth-order valence-electron chi connectivity index (χ4n) is 4.29. The van der Waals surface area contributed by atoms with Crippen molar-refractivity contribution in [2.24, 2.45) is 11.8 Å². The molecule has 2 nitrogen and oxygen atoms in total. The SMILES string of the molecule is CCC1CCN(C2CC3CCC2C3)CCN1. The topological polar surface area (TPSA) is 15.3 Å². The normalized spacial score (nSPS) is 44.8. The van der Waals surface area contributed by atoms with Gasteiger partial charge < -0.3 is 5.32 Å². The van der Waals surface area contributed by atoms with Crippen LogP contribution in [0.25, 0.3) is 0 Å². The minimum absolute atomic E-state index is 0.781. The molecule has 0 aromatic rings. The van der Waals surface area contributed by atoms with E-state index in [1.807, 2.05) is 0 Å². The molecule has 0 amide bonds. The number of nitrogens with zero attached hydrogens (tertiary/aromatic N) is 1. The molecule has 4 unspecified atom stereocenters. The summed E-state index contributed by atoms with van der Waals surface area (Å²) in [7, 11) is 0. The van der Waals surface area contributed by atoms with Gasteiger partial charge in [0.15, 0.2) is 0 Å². The van der Waals surface area contributed by atoms with Crippen LogP contribution in [0.5, 0.6) is 0 Å². The minimum atomic E-state index is 0.781. The summed E-state index contributed by atoms with van der Waals surface area (Å²) in [5.74, 6) is 2.15. The van der Waals surface area contributed by atoms with Crippen LogP contribution in [0, 0.1) is 11.8 Å². The van der Waals surface area contributed by atoms with Crippen LogP contribution < -0.4 is 5.32 Å². The fraction of sp³-hybridized carbons (Fsp3) is 1.00. The Morgan fingerprint density at radius 2 is 2.06 bits per heavy atom. The van der Waals surface area contributed by atoms with Gasteiger partial charge in [-0.1, -0.05) is 13.3 Å². The van der Waals surface area contributed by atoms with E-state index in [2.05, 4.69) is 17.1 Å². The first-order chi connectivity index (χ1) is 7.86. The van der Waals surface area contributed by atoms with Gasteiger partial charge in [0.25, 0.3) is 0 Å². The molecular formula is C14H26N2. The van der Waals surface area contributed by atoms with E-state index in [4.69, 9.17) is 0 Å². The van der Waals surface area contributed by atoms with Gasteiger partial charge in [0.2, 0.25) is 0 Å². The smallest absolute Gasteiger partial charge is 0.0127 e. The van der Waals surface area contributed by atoms with E-state index >= 15 is 0 Å². The Morgan fingerprint density at radius 3 is 2.75 bits per heavy atom. The van der Waals surface area contributed by atoms with Crippen LogP contribution in [0.3, 0.4) is 0 Å². The van der Waals surface area contributed by atoms with Gasteiger partial charge in [-0.3, -0.25) is 4.90 Å². The van der Waals surface area contributed by atoms with E-state index in [0.717, 1.165) is 23.9 Å². The Hall–Kier alpha value is -0.0800. The predicted octanol–water partition coefficient (Wildman–Crippen LogP) is 2.25. The maximum Gasteiger partial charge on any atom is 0.0127 e. The molecule has 2 bridgehead atoms. The molecule has 0 aromatic heterocycles. The number of fused-ring (bicyclic) bond motifs is 2. The van der Waals surface area contributed by atoms with Crippen LogP contribution in [-0.2, 0) is 0 Å². The highest BCUT2D eigenvalue weighted by Gasteiger charge is 2.42. The lowest BCUT2D eigenvalue weighted by Crippen LogP contribution is -2.41. The van der Waals surface area contributed by atoms with Crippen molar-refractivity contribution in [1.82, 2.24) is 10.2 Å². The largest absolute Gasteiger partial charge is 0.313 e. The number of rotatable bonds is 2. The molecule has 16 heavy (non-hydrogen) atoms. The van der Waals surface area contributed by atoms with Crippen LogP contribution in [0.15, 0.2) is 0 Å². The highest BCUT2D eigenvalue weighted by Crippen LogP contribution is 2.46. The highest BCUT2D eigenvalue weighted by atomic mass is 15.2. The lowest BCUT2D eigenvalue weighted by atomic mass is 9.94. The second-order valence-electron chi connectivity index (χ2n) is 6.13. The highest BCUT2D eigenvalue weighted by molar-refractivity contribution is 4.96. The molecule has 1 heterocycles. The Bertz CT molecular complexity index is 241. The average Bonchev–Trinajstić information content (AvgIpc) is 2.85. The third-order valence-corrected chi connectivity index (χ3v) is 5.26. The first kappa shape index (κ1) is 11.0. The zero-order valence-corrected chi connectivity index (χ0v) is 10.6. The average molecular weight is 222 g/mol. The summed E-state index contributed by atoms with van der Waals surface area (Å²) in [5, 5.41) is 3.69. The van der Waals surface area contributed by atoms with E-state index < -0.39 is 0 Å². The van der Waals surface area contributed by atoms with Crippen LogP contribution >= 0.6 is 0 Å². The van der Waals surface area contributed by atoms with Crippen molar-refractivity contribution < 1.29 is 0 Å². The predicted molar refractivity (Wildman–Crippen MR) is 67.5 cm³/mol. The van der Waals surface area contributed by atoms with E-state index in [0.29, 0.717) is 0 Å². The summed E-state index contributed by atoms with van der Waals surface area (Å²) in [4.78, 5) is 2.81. The van der Waals surface area contributed by atoms with Gasteiger partial charge in [-0.05, 0) is 50.5 Å². The molecule has 4 atom stereocenters. The van der Waals surface area contributed by atoms with Crippen molar-refractivity contribution in [3.63, 3.8) is 0 Å². The molecule has 1 saturated heterocycles. The lowest BCUT2D eigenvalue weighted by Gasteiger charge is -2.33. The summed E-state index contributed by atoms with van der Waals surface area (Å²) in [6.45, 7) is 6.17. The zero-order valence-electron chi connectivity index (χ0n) is 10.6. The summed E-state index contributed by atoms with van der Waals surface area (Å²) < 4.78 is 0. The first-order valence-electron chi connectivity index (χ1n) is 7.34. The Morgan fingerprint density at radius 1 is 1.12 bits per heavy atom. The van der Waals surface area contributed by atoms with Crippen LogP contribution in [0.4, 0.5) is 0 Å². The van der Waals surface area contributed by atoms with E-state index in [9.17, 15) is 0 Å². The summed E-state index contributed by atoms with van der Waals surface area (Å²) in [6.07, 6.45) is 8.78. The standard InChI is InChI=1S/C14H26N2/c1-2-13-5-7-16(8-6-15-13)14-10-11-3-4-12(14)9-11/h11-15H,2-10H2,1H3. The monoisotopic (exact) mass is 222 g/mol.